The highest BCUT2D eigenvalue weighted by Gasteiger charge is 2.28. The van der Waals surface area contributed by atoms with Gasteiger partial charge in [0, 0.05) is 24.6 Å². The summed E-state index contributed by atoms with van der Waals surface area (Å²) < 4.78 is 5.81. The summed E-state index contributed by atoms with van der Waals surface area (Å²) in [6.07, 6.45) is 1.63. The maximum atomic E-state index is 12.8. The Bertz CT molecular complexity index is 1020. The number of anilines is 1. The summed E-state index contributed by atoms with van der Waals surface area (Å²) in [7, 11) is 0. The second-order valence-electron chi connectivity index (χ2n) is 7.96. The molecule has 1 N–H and O–H groups in total. The molecule has 1 fully saturated rings. The lowest BCUT2D eigenvalue weighted by Gasteiger charge is -2.33. The van der Waals surface area contributed by atoms with Crippen molar-refractivity contribution < 1.29 is 9.21 Å². The molecule has 6 heteroatoms. The summed E-state index contributed by atoms with van der Waals surface area (Å²) in [6.45, 7) is 9.53. The number of carbonyl (C=O) groups excluding carboxylic acids is 1. The molecule has 29 heavy (non-hydrogen) atoms. The van der Waals surface area contributed by atoms with E-state index in [1.54, 1.807) is 0 Å². The first kappa shape index (κ1) is 19.4. The van der Waals surface area contributed by atoms with Crippen LogP contribution in [0.25, 0.3) is 11.1 Å². The number of fused-ring (bicyclic) bond motifs is 1. The summed E-state index contributed by atoms with van der Waals surface area (Å²) in [4.78, 5) is 24.2. The molecular formula is C23H28N4O2. The van der Waals surface area contributed by atoms with Crippen molar-refractivity contribution in [2.75, 3.05) is 18.0 Å². The first-order valence-corrected chi connectivity index (χ1v) is 10.3. The molecule has 1 saturated heterocycles. The van der Waals surface area contributed by atoms with Gasteiger partial charge in [-0.25, -0.2) is 4.98 Å². The maximum absolute atomic E-state index is 12.8. The molecule has 1 aromatic carbocycles. The van der Waals surface area contributed by atoms with E-state index in [9.17, 15) is 4.79 Å². The standard InChI is InChI=1S/C23H28N4O2/c1-14-16(3)29-23-20(14)21(25-17(4)26-23)27-12-10-19(11-13-27)22(28)24-15(2)18-8-6-5-7-9-18/h5-9,15,19H,10-13H2,1-4H3,(H,24,28). The first-order valence-electron chi connectivity index (χ1n) is 10.3. The molecule has 1 atom stereocenters. The van der Waals surface area contributed by atoms with Gasteiger partial charge in [0.2, 0.25) is 11.6 Å². The zero-order valence-electron chi connectivity index (χ0n) is 17.5. The van der Waals surface area contributed by atoms with Crippen molar-refractivity contribution in [1.82, 2.24) is 15.3 Å². The molecule has 0 aliphatic carbocycles. The number of nitrogens with one attached hydrogen (secondary N) is 1. The van der Waals surface area contributed by atoms with Crippen LogP contribution in [-0.2, 0) is 4.79 Å². The average molecular weight is 393 g/mol. The number of hydrogen-bond donors (Lipinski definition) is 1. The number of hydrogen-bond acceptors (Lipinski definition) is 5. The second kappa shape index (κ2) is 7.85. The van der Waals surface area contributed by atoms with E-state index in [-0.39, 0.29) is 17.9 Å². The van der Waals surface area contributed by atoms with Gasteiger partial charge >= 0.3 is 0 Å². The van der Waals surface area contributed by atoms with Gasteiger partial charge in [-0.05, 0) is 46.1 Å². The molecule has 1 unspecified atom stereocenters. The molecule has 3 heterocycles. The Morgan fingerprint density at radius 2 is 1.83 bits per heavy atom. The van der Waals surface area contributed by atoms with Gasteiger partial charge in [0.25, 0.3) is 0 Å². The number of aromatic nitrogens is 2. The molecule has 152 valence electrons. The van der Waals surface area contributed by atoms with Gasteiger partial charge in [0.15, 0.2) is 0 Å². The number of aryl methyl sites for hydroxylation is 3. The number of rotatable bonds is 4. The fraction of sp³-hybridized carbons (Fsp3) is 0.435. The minimum absolute atomic E-state index is 0.0161. The van der Waals surface area contributed by atoms with Crippen LogP contribution in [0.2, 0.25) is 0 Å². The molecule has 1 aliphatic heterocycles. The Morgan fingerprint density at radius 1 is 1.14 bits per heavy atom. The van der Waals surface area contributed by atoms with E-state index < -0.39 is 0 Å². The molecule has 0 bridgehead atoms. The Labute approximate surface area is 171 Å². The molecule has 0 spiro atoms. The third-order valence-corrected chi connectivity index (χ3v) is 5.95. The monoisotopic (exact) mass is 392 g/mol. The minimum Gasteiger partial charge on any atom is -0.443 e. The van der Waals surface area contributed by atoms with Crippen LogP contribution in [0.15, 0.2) is 34.7 Å². The predicted octanol–water partition coefficient (Wildman–Crippen LogP) is 4.24. The van der Waals surface area contributed by atoms with Gasteiger partial charge in [-0.2, -0.15) is 4.98 Å². The van der Waals surface area contributed by atoms with Crippen molar-refractivity contribution in [1.29, 1.82) is 0 Å². The Kier molecular flexibility index (Phi) is 5.26. The second-order valence-corrected chi connectivity index (χ2v) is 7.96. The van der Waals surface area contributed by atoms with Gasteiger partial charge in [0.05, 0.1) is 11.4 Å². The van der Waals surface area contributed by atoms with Crippen LogP contribution in [0, 0.1) is 26.7 Å². The lowest BCUT2D eigenvalue weighted by molar-refractivity contribution is -0.126. The zero-order valence-corrected chi connectivity index (χ0v) is 17.5. The number of amides is 1. The Balaban J connectivity index is 1.45. The number of furan rings is 1. The predicted molar refractivity (Wildman–Crippen MR) is 114 cm³/mol. The smallest absolute Gasteiger partial charge is 0.231 e. The highest BCUT2D eigenvalue weighted by atomic mass is 16.3. The van der Waals surface area contributed by atoms with Crippen LogP contribution in [-0.4, -0.2) is 29.0 Å². The number of benzene rings is 1. The SMILES string of the molecule is Cc1nc(N2CCC(C(=O)NC(C)c3ccccc3)CC2)c2c(C)c(C)oc2n1. The normalized spacial score (nSPS) is 16.2. The Hall–Kier alpha value is -2.89. The van der Waals surface area contributed by atoms with E-state index in [4.69, 9.17) is 9.40 Å². The fourth-order valence-corrected chi connectivity index (χ4v) is 4.07. The van der Waals surface area contributed by atoms with E-state index in [1.165, 1.54) is 0 Å². The van der Waals surface area contributed by atoms with Gasteiger partial charge in [-0.1, -0.05) is 30.3 Å². The maximum Gasteiger partial charge on any atom is 0.231 e. The summed E-state index contributed by atoms with van der Waals surface area (Å²) in [5.74, 6) is 2.69. The van der Waals surface area contributed by atoms with E-state index in [0.29, 0.717) is 11.5 Å². The van der Waals surface area contributed by atoms with Crippen molar-refractivity contribution >= 4 is 22.8 Å². The van der Waals surface area contributed by atoms with E-state index in [0.717, 1.165) is 54.0 Å². The van der Waals surface area contributed by atoms with E-state index >= 15 is 0 Å². The van der Waals surface area contributed by atoms with Gasteiger partial charge in [-0.15, -0.1) is 0 Å². The van der Waals surface area contributed by atoms with Crippen LogP contribution in [0.4, 0.5) is 5.82 Å². The number of carbonyl (C=O) groups is 1. The van der Waals surface area contributed by atoms with Crippen molar-refractivity contribution in [2.24, 2.45) is 5.92 Å². The zero-order chi connectivity index (χ0) is 20.5. The third-order valence-electron chi connectivity index (χ3n) is 5.95. The van der Waals surface area contributed by atoms with Crippen LogP contribution in [0.3, 0.4) is 0 Å². The quantitative estimate of drug-likeness (QED) is 0.719. The van der Waals surface area contributed by atoms with Crippen LogP contribution in [0.5, 0.6) is 0 Å². The minimum atomic E-state index is 0.0161. The van der Waals surface area contributed by atoms with Crippen molar-refractivity contribution in [3.8, 4) is 0 Å². The van der Waals surface area contributed by atoms with Crippen LogP contribution >= 0.6 is 0 Å². The highest BCUT2D eigenvalue weighted by molar-refractivity contribution is 5.90. The molecule has 2 aromatic heterocycles. The van der Waals surface area contributed by atoms with Crippen molar-refractivity contribution in [3.63, 3.8) is 0 Å². The van der Waals surface area contributed by atoms with Gasteiger partial charge in [0.1, 0.15) is 17.4 Å². The van der Waals surface area contributed by atoms with E-state index in [1.807, 2.05) is 51.1 Å². The first-order chi connectivity index (χ1) is 13.9. The lowest BCUT2D eigenvalue weighted by Crippen LogP contribution is -2.41. The van der Waals surface area contributed by atoms with Crippen molar-refractivity contribution in [3.05, 3.63) is 53.0 Å². The van der Waals surface area contributed by atoms with Crippen LogP contribution < -0.4 is 10.2 Å². The molecule has 4 rings (SSSR count). The number of nitrogens with zero attached hydrogens (tertiary/aromatic N) is 3. The Morgan fingerprint density at radius 3 is 2.52 bits per heavy atom. The summed E-state index contributed by atoms with van der Waals surface area (Å²) >= 11 is 0. The van der Waals surface area contributed by atoms with Gasteiger partial charge in [-0.3, -0.25) is 4.79 Å². The molecule has 1 aliphatic rings. The summed E-state index contributed by atoms with van der Waals surface area (Å²) in [5.41, 5.74) is 2.87. The van der Waals surface area contributed by atoms with Crippen LogP contribution in [0.1, 0.15) is 48.5 Å². The lowest BCUT2D eigenvalue weighted by atomic mass is 9.95. The molecule has 6 nitrogen and oxygen atoms in total. The number of piperidine rings is 1. The largest absolute Gasteiger partial charge is 0.443 e. The molecule has 0 radical (unpaired) electrons. The highest BCUT2D eigenvalue weighted by Crippen LogP contribution is 2.33. The summed E-state index contributed by atoms with van der Waals surface area (Å²) in [5, 5.41) is 4.17. The van der Waals surface area contributed by atoms with Crippen molar-refractivity contribution in [2.45, 2.75) is 46.6 Å². The molecular weight excluding hydrogens is 364 g/mol. The fourth-order valence-electron chi connectivity index (χ4n) is 4.07. The summed E-state index contributed by atoms with van der Waals surface area (Å²) in [6, 6.07) is 10.1. The topological polar surface area (TPSA) is 71.3 Å². The molecule has 0 saturated carbocycles. The average Bonchev–Trinajstić information content (AvgIpc) is 3.01. The van der Waals surface area contributed by atoms with E-state index in [2.05, 4.69) is 22.1 Å². The van der Waals surface area contributed by atoms with Gasteiger partial charge < -0.3 is 14.6 Å². The molecule has 1 amide bonds. The third kappa shape index (κ3) is 3.84. The molecule has 3 aromatic rings.